The number of aromatic nitrogens is 6. The molecule has 0 fully saturated rings. The van der Waals surface area contributed by atoms with Crippen LogP contribution in [0.2, 0.25) is 0 Å². The van der Waals surface area contributed by atoms with E-state index in [1.54, 1.807) is 6.20 Å². The summed E-state index contributed by atoms with van der Waals surface area (Å²) in [7, 11) is 0. The van der Waals surface area contributed by atoms with Crippen molar-refractivity contribution < 1.29 is 0 Å². The predicted molar refractivity (Wildman–Crippen MR) is 97.4 cm³/mol. The molecule has 0 atom stereocenters. The van der Waals surface area contributed by atoms with Gasteiger partial charge in [0, 0.05) is 54.7 Å². The summed E-state index contributed by atoms with van der Waals surface area (Å²) in [6.45, 7) is 0.651. The molecule has 0 radical (unpaired) electrons. The Labute approximate surface area is 151 Å². The molecule has 6 heteroatoms. The van der Waals surface area contributed by atoms with E-state index in [0.717, 1.165) is 22.6 Å². The van der Waals surface area contributed by atoms with Crippen LogP contribution in [0.1, 0.15) is 28.6 Å². The fraction of sp³-hybridized carbons (Fsp3) is 0.150. The van der Waals surface area contributed by atoms with Gasteiger partial charge in [-0.1, -0.05) is 23.4 Å². The van der Waals surface area contributed by atoms with Crippen LogP contribution in [0.3, 0.4) is 0 Å². The molecule has 0 aromatic carbocycles. The lowest BCUT2D eigenvalue weighted by Gasteiger charge is -2.14. The first-order valence-electron chi connectivity index (χ1n) is 8.48. The number of rotatable bonds is 6. The SMILES string of the molecule is c1ccc(C(Cc2cn(Cc3cccnc3)nn2)c2ccccn2)nc1. The van der Waals surface area contributed by atoms with Crippen LogP contribution in [-0.4, -0.2) is 29.9 Å². The van der Waals surface area contributed by atoms with Gasteiger partial charge in [-0.05, 0) is 35.9 Å². The topological polar surface area (TPSA) is 69.4 Å². The fourth-order valence-corrected chi connectivity index (χ4v) is 2.92. The molecule has 0 aliphatic rings. The minimum absolute atomic E-state index is 0.0425. The van der Waals surface area contributed by atoms with E-state index >= 15 is 0 Å². The van der Waals surface area contributed by atoms with Crippen molar-refractivity contribution >= 4 is 0 Å². The largest absolute Gasteiger partial charge is 0.264 e. The van der Waals surface area contributed by atoms with E-state index in [9.17, 15) is 0 Å². The van der Waals surface area contributed by atoms with Gasteiger partial charge in [0.2, 0.25) is 0 Å². The summed E-state index contributed by atoms with van der Waals surface area (Å²) >= 11 is 0. The predicted octanol–water partition coefficient (Wildman–Crippen LogP) is 2.89. The Balaban J connectivity index is 1.57. The Kier molecular flexibility index (Phi) is 4.73. The molecule has 0 aliphatic heterocycles. The zero-order valence-corrected chi connectivity index (χ0v) is 14.2. The normalized spacial score (nSPS) is 11.0. The van der Waals surface area contributed by atoms with Crippen LogP contribution in [0.25, 0.3) is 0 Å². The second-order valence-electron chi connectivity index (χ2n) is 6.03. The van der Waals surface area contributed by atoms with E-state index in [1.807, 2.05) is 78.0 Å². The third-order valence-electron chi connectivity index (χ3n) is 4.16. The van der Waals surface area contributed by atoms with E-state index in [2.05, 4.69) is 25.3 Å². The summed E-state index contributed by atoms with van der Waals surface area (Å²) in [5.74, 6) is 0.0425. The van der Waals surface area contributed by atoms with Gasteiger partial charge in [-0.3, -0.25) is 15.0 Å². The van der Waals surface area contributed by atoms with Crippen LogP contribution < -0.4 is 0 Å². The monoisotopic (exact) mass is 342 g/mol. The van der Waals surface area contributed by atoms with Gasteiger partial charge >= 0.3 is 0 Å². The molecule has 0 saturated heterocycles. The van der Waals surface area contributed by atoms with Gasteiger partial charge in [-0.15, -0.1) is 5.10 Å². The quantitative estimate of drug-likeness (QED) is 0.539. The summed E-state index contributed by atoms with van der Waals surface area (Å²) in [5.41, 5.74) is 3.96. The van der Waals surface area contributed by atoms with E-state index in [4.69, 9.17) is 0 Å². The third kappa shape index (κ3) is 3.80. The first-order valence-corrected chi connectivity index (χ1v) is 8.48. The zero-order valence-electron chi connectivity index (χ0n) is 14.2. The van der Waals surface area contributed by atoms with E-state index in [0.29, 0.717) is 13.0 Å². The molecule has 4 rings (SSSR count). The maximum Gasteiger partial charge on any atom is 0.0837 e. The number of hydrogen-bond donors (Lipinski definition) is 0. The Morgan fingerprint density at radius 2 is 1.62 bits per heavy atom. The van der Waals surface area contributed by atoms with Crippen molar-refractivity contribution in [3.63, 3.8) is 0 Å². The van der Waals surface area contributed by atoms with Gasteiger partial charge in [-0.25, -0.2) is 4.68 Å². The Hall–Kier alpha value is -3.41. The first-order chi connectivity index (χ1) is 12.9. The van der Waals surface area contributed by atoms with Crippen LogP contribution in [0.5, 0.6) is 0 Å². The molecule has 0 bridgehead atoms. The highest BCUT2D eigenvalue weighted by Crippen LogP contribution is 2.24. The van der Waals surface area contributed by atoms with Gasteiger partial charge in [0.25, 0.3) is 0 Å². The lowest BCUT2D eigenvalue weighted by molar-refractivity contribution is 0.647. The highest BCUT2D eigenvalue weighted by Gasteiger charge is 2.19. The molecule has 0 amide bonds. The summed E-state index contributed by atoms with van der Waals surface area (Å²) in [5, 5.41) is 8.59. The lowest BCUT2D eigenvalue weighted by atomic mass is 9.95. The fourth-order valence-electron chi connectivity index (χ4n) is 2.92. The second-order valence-corrected chi connectivity index (χ2v) is 6.03. The van der Waals surface area contributed by atoms with Crippen LogP contribution in [0, 0.1) is 0 Å². The number of nitrogens with zero attached hydrogens (tertiary/aromatic N) is 6. The van der Waals surface area contributed by atoms with E-state index in [-0.39, 0.29) is 5.92 Å². The van der Waals surface area contributed by atoms with Crippen molar-refractivity contribution in [2.45, 2.75) is 18.9 Å². The number of hydrogen-bond acceptors (Lipinski definition) is 5. The van der Waals surface area contributed by atoms with Crippen molar-refractivity contribution in [1.82, 2.24) is 29.9 Å². The molecule has 6 nitrogen and oxygen atoms in total. The minimum Gasteiger partial charge on any atom is -0.264 e. The van der Waals surface area contributed by atoms with Crippen LogP contribution in [-0.2, 0) is 13.0 Å². The van der Waals surface area contributed by atoms with Gasteiger partial charge in [-0.2, -0.15) is 0 Å². The molecular formula is C20H18N6. The van der Waals surface area contributed by atoms with Crippen molar-refractivity contribution in [1.29, 1.82) is 0 Å². The molecule has 0 aliphatic carbocycles. The molecule has 4 aromatic rings. The maximum atomic E-state index is 4.52. The average molecular weight is 342 g/mol. The Morgan fingerprint density at radius 3 is 2.23 bits per heavy atom. The van der Waals surface area contributed by atoms with Crippen molar-refractivity contribution in [2.75, 3.05) is 0 Å². The smallest absolute Gasteiger partial charge is 0.0837 e. The molecular weight excluding hydrogens is 324 g/mol. The van der Waals surface area contributed by atoms with Gasteiger partial charge in [0.1, 0.15) is 0 Å². The molecule has 0 N–H and O–H groups in total. The van der Waals surface area contributed by atoms with Crippen LogP contribution >= 0.6 is 0 Å². The first kappa shape index (κ1) is 16.1. The third-order valence-corrected chi connectivity index (χ3v) is 4.16. The lowest BCUT2D eigenvalue weighted by Crippen LogP contribution is -2.09. The molecule has 4 aromatic heterocycles. The average Bonchev–Trinajstić information content (AvgIpc) is 3.15. The molecule has 128 valence electrons. The Morgan fingerprint density at radius 1 is 0.846 bits per heavy atom. The molecule has 4 heterocycles. The number of pyridine rings is 3. The molecule has 0 spiro atoms. The standard InChI is InChI=1S/C20H18N6/c1-3-10-22-19(7-1)18(20-8-2-4-11-23-20)12-17-15-26(25-24-17)14-16-6-5-9-21-13-16/h1-11,13,15,18H,12,14H2. The summed E-state index contributed by atoms with van der Waals surface area (Å²) in [6.07, 6.45) is 9.90. The van der Waals surface area contributed by atoms with Gasteiger partial charge < -0.3 is 0 Å². The molecule has 26 heavy (non-hydrogen) atoms. The highest BCUT2D eigenvalue weighted by atomic mass is 15.4. The second kappa shape index (κ2) is 7.65. The summed E-state index contributed by atoms with van der Waals surface area (Å²) < 4.78 is 1.83. The summed E-state index contributed by atoms with van der Waals surface area (Å²) in [6, 6.07) is 15.8. The highest BCUT2D eigenvalue weighted by molar-refractivity contribution is 5.25. The van der Waals surface area contributed by atoms with Crippen LogP contribution in [0.15, 0.2) is 79.5 Å². The molecule has 0 saturated carbocycles. The van der Waals surface area contributed by atoms with E-state index < -0.39 is 0 Å². The maximum absolute atomic E-state index is 4.52. The van der Waals surface area contributed by atoms with Gasteiger partial charge in [0.15, 0.2) is 0 Å². The van der Waals surface area contributed by atoms with Crippen LogP contribution in [0.4, 0.5) is 0 Å². The van der Waals surface area contributed by atoms with Crippen molar-refractivity contribution in [2.24, 2.45) is 0 Å². The summed E-state index contributed by atoms with van der Waals surface area (Å²) in [4.78, 5) is 13.2. The zero-order chi connectivity index (χ0) is 17.6. The van der Waals surface area contributed by atoms with E-state index in [1.165, 1.54) is 0 Å². The minimum atomic E-state index is 0.0425. The molecule has 0 unspecified atom stereocenters. The van der Waals surface area contributed by atoms with Crippen molar-refractivity contribution in [3.8, 4) is 0 Å². The Bertz CT molecular complexity index is 898. The van der Waals surface area contributed by atoms with Crippen molar-refractivity contribution in [3.05, 3.63) is 102 Å². The van der Waals surface area contributed by atoms with Gasteiger partial charge in [0.05, 0.1) is 12.2 Å².